The second-order valence-corrected chi connectivity index (χ2v) is 11.2. The van der Waals surface area contributed by atoms with Gasteiger partial charge in [0.05, 0.1) is 11.6 Å². The summed E-state index contributed by atoms with van der Waals surface area (Å²) in [4.78, 5) is 12.3. The molecule has 0 aliphatic rings. The number of fused-ring (bicyclic) bond motifs is 1. The topological polar surface area (TPSA) is 86.5 Å². The molecule has 208 valence electrons. The number of carbonyl (C=O) groups is 1. The van der Waals surface area contributed by atoms with E-state index in [-0.39, 0.29) is 4.91 Å². The Hall–Kier alpha value is -3.79. The van der Waals surface area contributed by atoms with E-state index < -0.39 is 5.97 Å². The van der Waals surface area contributed by atoms with Crippen LogP contribution in [0.4, 0.5) is 0 Å². The number of carboxylic acids is 1. The Bertz CT molecular complexity index is 1750. The van der Waals surface area contributed by atoms with Crippen molar-refractivity contribution in [1.29, 1.82) is 0 Å². The highest BCUT2D eigenvalue weighted by atomic mass is 79.9. The molecule has 5 rings (SSSR count). The Morgan fingerprint density at radius 3 is 2.56 bits per heavy atom. The van der Waals surface area contributed by atoms with Crippen molar-refractivity contribution in [2.24, 2.45) is 0 Å². The van der Waals surface area contributed by atoms with E-state index >= 15 is 0 Å². The van der Waals surface area contributed by atoms with Crippen LogP contribution in [0.25, 0.3) is 28.2 Å². The maximum absolute atomic E-state index is 12.3. The number of aliphatic carboxylic acids is 1. The molecule has 0 bridgehead atoms. The Labute approximate surface area is 254 Å². The van der Waals surface area contributed by atoms with Crippen LogP contribution in [0.1, 0.15) is 18.1 Å². The number of rotatable bonds is 10. The number of benzene rings is 4. The third-order valence-electron chi connectivity index (χ3n) is 6.35. The average Bonchev–Trinajstić information content (AvgIpc) is 3.38. The summed E-state index contributed by atoms with van der Waals surface area (Å²) in [6.45, 7) is 2.85. The molecule has 0 amide bonds. The van der Waals surface area contributed by atoms with Gasteiger partial charge < -0.3 is 19.1 Å². The molecule has 7 nitrogen and oxygen atoms in total. The van der Waals surface area contributed by atoms with Crippen molar-refractivity contribution in [3.63, 3.8) is 0 Å². The van der Waals surface area contributed by atoms with Crippen molar-refractivity contribution >= 4 is 62.1 Å². The minimum atomic E-state index is -1.08. The number of nitrogens with zero attached hydrogens (tertiary/aromatic N) is 3. The largest absolute Gasteiger partial charge is 0.493 e. The van der Waals surface area contributed by atoms with Gasteiger partial charge in [-0.25, -0.2) is 4.79 Å². The molecule has 1 aromatic heterocycles. The zero-order chi connectivity index (χ0) is 28.9. The number of carboxylic acid groups (broad SMARTS) is 1. The fourth-order valence-corrected chi connectivity index (χ4v) is 5.96. The highest BCUT2D eigenvalue weighted by Crippen LogP contribution is 2.39. The van der Waals surface area contributed by atoms with Crippen molar-refractivity contribution in [3.8, 4) is 22.9 Å². The molecular formula is C31H25BrClN3O4S. The SMILES string of the molecule is CCn1c(S/C(=C\c2cc(Br)c(OCc3cccc4ccccc34)c(OC)c2)C(=O)O)nnc1-c1ccc(Cl)cc1. The molecule has 0 unspecified atom stereocenters. The van der Waals surface area contributed by atoms with Crippen LogP contribution >= 0.6 is 39.3 Å². The van der Waals surface area contributed by atoms with Crippen LogP contribution in [-0.4, -0.2) is 33.0 Å². The summed E-state index contributed by atoms with van der Waals surface area (Å²) in [5.74, 6) is 0.552. The van der Waals surface area contributed by atoms with Gasteiger partial charge in [-0.1, -0.05) is 54.1 Å². The first kappa shape index (κ1) is 28.7. The molecule has 5 aromatic rings. The number of thioether (sulfide) groups is 1. The summed E-state index contributed by atoms with van der Waals surface area (Å²) in [5, 5.41) is 22.0. The van der Waals surface area contributed by atoms with E-state index in [1.165, 1.54) is 0 Å². The number of hydrogen-bond donors (Lipinski definition) is 1. The maximum Gasteiger partial charge on any atom is 0.342 e. The lowest BCUT2D eigenvalue weighted by Gasteiger charge is -2.15. The van der Waals surface area contributed by atoms with Crippen LogP contribution in [0.5, 0.6) is 11.5 Å². The van der Waals surface area contributed by atoms with Gasteiger partial charge in [0.25, 0.3) is 0 Å². The first-order valence-electron chi connectivity index (χ1n) is 12.7. The van der Waals surface area contributed by atoms with Gasteiger partial charge in [0.15, 0.2) is 22.5 Å². The summed E-state index contributed by atoms with van der Waals surface area (Å²) < 4.78 is 14.3. The van der Waals surface area contributed by atoms with E-state index in [0.29, 0.717) is 50.7 Å². The Kier molecular flexibility index (Phi) is 8.97. The van der Waals surface area contributed by atoms with Crippen molar-refractivity contribution in [1.82, 2.24) is 14.8 Å². The lowest BCUT2D eigenvalue weighted by molar-refractivity contribution is -0.131. The summed E-state index contributed by atoms with van der Waals surface area (Å²) in [6, 6.07) is 25.1. The highest BCUT2D eigenvalue weighted by Gasteiger charge is 2.19. The van der Waals surface area contributed by atoms with E-state index in [9.17, 15) is 9.90 Å². The molecule has 0 fully saturated rings. The molecule has 1 N–H and O–H groups in total. The Balaban J connectivity index is 1.41. The molecule has 4 aromatic carbocycles. The zero-order valence-corrected chi connectivity index (χ0v) is 25.3. The fraction of sp³-hybridized carbons (Fsp3) is 0.129. The second kappa shape index (κ2) is 12.8. The Morgan fingerprint density at radius 1 is 1.07 bits per heavy atom. The molecule has 0 saturated heterocycles. The molecule has 10 heteroatoms. The predicted octanol–water partition coefficient (Wildman–Crippen LogP) is 8.34. The quantitative estimate of drug-likeness (QED) is 0.120. The van der Waals surface area contributed by atoms with Crippen molar-refractivity contribution in [3.05, 3.63) is 104 Å². The van der Waals surface area contributed by atoms with Crippen LogP contribution in [0.15, 0.2) is 93.4 Å². The molecule has 1 heterocycles. The fourth-order valence-electron chi connectivity index (χ4n) is 4.38. The molecule has 0 aliphatic heterocycles. The van der Waals surface area contributed by atoms with Gasteiger partial charge in [0.2, 0.25) is 0 Å². The lowest BCUT2D eigenvalue weighted by Crippen LogP contribution is -2.03. The van der Waals surface area contributed by atoms with Gasteiger partial charge in [-0.2, -0.15) is 0 Å². The zero-order valence-electron chi connectivity index (χ0n) is 22.2. The van der Waals surface area contributed by atoms with Gasteiger partial charge in [-0.15, -0.1) is 10.2 Å². The standard InChI is InChI=1S/C31H25BrClN3O4S/c1-3-36-29(21-11-13-23(33)14-12-21)34-35-31(36)41-27(30(37)38)17-19-15-25(32)28(26(16-19)39-2)40-18-22-9-6-8-20-7-4-5-10-24(20)22/h4-17H,3,18H2,1-2H3,(H,37,38)/b27-17-. The van der Waals surface area contributed by atoms with E-state index in [0.717, 1.165) is 33.7 Å². The molecule has 0 saturated carbocycles. The van der Waals surface area contributed by atoms with E-state index in [4.69, 9.17) is 21.1 Å². The minimum absolute atomic E-state index is 0.0770. The third kappa shape index (κ3) is 6.43. The van der Waals surface area contributed by atoms with E-state index in [1.54, 1.807) is 37.5 Å². The molecule has 0 spiro atoms. The first-order valence-corrected chi connectivity index (χ1v) is 14.7. The summed E-state index contributed by atoms with van der Waals surface area (Å²) in [5.41, 5.74) is 2.50. The van der Waals surface area contributed by atoms with Gasteiger partial charge in [-0.05, 0) is 99.0 Å². The number of halogens is 2. The van der Waals surface area contributed by atoms with Crippen molar-refractivity contribution in [2.45, 2.75) is 25.2 Å². The van der Waals surface area contributed by atoms with Crippen LogP contribution in [0.2, 0.25) is 5.02 Å². The normalized spacial score (nSPS) is 11.6. The van der Waals surface area contributed by atoms with Crippen LogP contribution < -0.4 is 9.47 Å². The maximum atomic E-state index is 12.3. The smallest absolute Gasteiger partial charge is 0.342 e. The van der Waals surface area contributed by atoms with E-state index in [2.05, 4.69) is 44.3 Å². The molecule has 0 radical (unpaired) electrons. The number of aromatic nitrogens is 3. The van der Waals surface area contributed by atoms with Gasteiger partial charge in [0.1, 0.15) is 11.5 Å². The lowest BCUT2D eigenvalue weighted by atomic mass is 10.1. The van der Waals surface area contributed by atoms with Crippen molar-refractivity contribution < 1.29 is 19.4 Å². The second-order valence-electron chi connectivity index (χ2n) is 8.93. The molecular weight excluding hydrogens is 626 g/mol. The van der Waals surface area contributed by atoms with Crippen LogP contribution in [-0.2, 0) is 17.9 Å². The Morgan fingerprint density at radius 2 is 1.83 bits per heavy atom. The minimum Gasteiger partial charge on any atom is -0.493 e. The number of methoxy groups -OCH3 is 1. The molecule has 0 atom stereocenters. The number of hydrogen-bond acceptors (Lipinski definition) is 6. The molecule has 41 heavy (non-hydrogen) atoms. The van der Waals surface area contributed by atoms with E-state index in [1.807, 2.05) is 47.9 Å². The van der Waals surface area contributed by atoms with Gasteiger partial charge in [0, 0.05) is 17.1 Å². The summed E-state index contributed by atoms with van der Waals surface area (Å²) in [6.07, 6.45) is 1.57. The third-order valence-corrected chi connectivity index (χ3v) is 8.19. The van der Waals surface area contributed by atoms with Crippen LogP contribution in [0, 0.1) is 0 Å². The van der Waals surface area contributed by atoms with Crippen molar-refractivity contribution in [2.75, 3.05) is 7.11 Å². The molecule has 0 aliphatic carbocycles. The monoisotopic (exact) mass is 649 g/mol. The van der Waals surface area contributed by atoms with Gasteiger partial charge >= 0.3 is 5.97 Å². The van der Waals surface area contributed by atoms with Gasteiger partial charge in [-0.3, -0.25) is 0 Å². The summed E-state index contributed by atoms with van der Waals surface area (Å²) >= 11 is 10.6. The van der Waals surface area contributed by atoms with Crippen LogP contribution in [0.3, 0.4) is 0 Å². The predicted molar refractivity (Wildman–Crippen MR) is 167 cm³/mol. The average molecular weight is 651 g/mol. The number of ether oxygens (including phenoxy) is 2. The summed E-state index contributed by atoms with van der Waals surface area (Å²) in [7, 11) is 1.55. The highest BCUT2D eigenvalue weighted by molar-refractivity contribution is 9.10. The first-order chi connectivity index (χ1) is 19.9.